The van der Waals surface area contributed by atoms with E-state index in [0.29, 0.717) is 4.90 Å². The fourth-order valence-electron chi connectivity index (χ4n) is 1.79. The van der Waals surface area contributed by atoms with Gasteiger partial charge in [0.05, 0.1) is 4.90 Å². The van der Waals surface area contributed by atoms with E-state index in [1.807, 2.05) is 55.4 Å². The maximum atomic E-state index is 13.7. The van der Waals surface area contributed by atoms with Crippen LogP contribution in [0, 0.1) is 5.82 Å². The van der Waals surface area contributed by atoms with Crippen LogP contribution in [0.25, 0.3) is 6.08 Å². The molecular formula is C17H19FN4S2. The number of halogens is 1. The Hall–Kier alpha value is -2.12. The van der Waals surface area contributed by atoms with Gasteiger partial charge in [0.25, 0.3) is 0 Å². The Kier molecular flexibility index (Phi) is 7.02. The summed E-state index contributed by atoms with van der Waals surface area (Å²) in [4.78, 5) is 8.70. The Bertz CT molecular complexity index is 782. The molecule has 0 radical (unpaired) electrons. The molecule has 0 aliphatic carbocycles. The molecule has 2 heterocycles. The first-order valence-electron chi connectivity index (χ1n) is 7.28. The van der Waals surface area contributed by atoms with Gasteiger partial charge in [-0.1, -0.05) is 18.2 Å². The van der Waals surface area contributed by atoms with Gasteiger partial charge in [-0.2, -0.15) is 0 Å². The fraction of sp³-hybridized carbons (Fsp3) is 0.176. The summed E-state index contributed by atoms with van der Waals surface area (Å²) in [6.07, 6.45) is 9.20. The predicted molar refractivity (Wildman–Crippen MR) is 100 cm³/mol. The zero-order valence-electron chi connectivity index (χ0n) is 13.7. The van der Waals surface area contributed by atoms with Crippen molar-refractivity contribution in [1.82, 2.24) is 14.5 Å². The minimum Gasteiger partial charge on any atom is -0.365 e. The highest BCUT2D eigenvalue weighted by Crippen LogP contribution is 2.29. The van der Waals surface area contributed by atoms with Crippen LogP contribution in [-0.2, 0) is 7.05 Å². The number of benzene rings is 1. The molecule has 0 amide bonds. The van der Waals surface area contributed by atoms with Gasteiger partial charge in [0.1, 0.15) is 5.82 Å². The Morgan fingerprint density at radius 2 is 2.12 bits per heavy atom. The van der Waals surface area contributed by atoms with Gasteiger partial charge in [-0.15, -0.1) is 11.3 Å². The second-order valence-corrected chi connectivity index (χ2v) is 6.60. The molecule has 2 aromatic heterocycles. The van der Waals surface area contributed by atoms with Crippen LogP contribution >= 0.6 is 23.1 Å². The third-order valence-corrected chi connectivity index (χ3v) is 4.84. The number of nitrogens with zero attached hydrogens (tertiary/aromatic N) is 3. The number of nitrogens with one attached hydrogen (secondary N) is 1. The van der Waals surface area contributed by atoms with Crippen LogP contribution in [0.15, 0.2) is 58.3 Å². The van der Waals surface area contributed by atoms with Crippen molar-refractivity contribution < 1.29 is 4.39 Å². The third kappa shape index (κ3) is 5.21. The summed E-state index contributed by atoms with van der Waals surface area (Å²) in [5.74, 6) is -0.216. The SMILES string of the molecule is C/C=C\c1ccc(F)c(Sc2nccn2C)c1.CNc1nccs1. The van der Waals surface area contributed by atoms with Crippen molar-refractivity contribution >= 4 is 34.3 Å². The lowest BCUT2D eigenvalue weighted by atomic mass is 10.2. The number of rotatable bonds is 4. The summed E-state index contributed by atoms with van der Waals surface area (Å²) in [7, 11) is 3.75. The first kappa shape index (κ1) is 18.2. The quantitative estimate of drug-likeness (QED) is 0.715. The molecule has 3 rings (SSSR count). The number of imidazole rings is 1. The summed E-state index contributed by atoms with van der Waals surface area (Å²) in [5.41, 5.74) is 0.991. The Balaban J connectivity index is 0.000000249. The number of thiazole rings is 1. The molecule has 0 aliphatic rings. The topological polar surface area (TPSA) is 42.7 Å². The highest BCUT2D eigenvalue weighted by molar-refractivity contribution is 7.99. The van der Waals surface area contributed by atoms with E-state index in [0.717, 1.165) is 15.9 Å². The zero-order chi connectivity index (χ0) is 17.4. The van der Waals surface area contributed by atoms with Gasteiger partial charge >= 0.3 is 0 Å². The summed E-state index contributed by atoms with van der Waals surface area (Å²) in [6.45, 7) is 1.94. The van der Waals surface area contributed by atoms with Crippen molar-refractivity contribution in [2.75, 3.05) is 12.4 Å². The van der Waals surface area contributed by atoms with E-state index >= 15 is 0 Å². The maximum Gasteiger partial charge on any atom is 0.182 e. The van der Waals surface area contributed by atoms with E-state index < -0.39 is 0 Å². The number of allylic oxidation sites excluding steroid dienone is 1. The molecule has 126 valence electrons. The van der Waals surface area contributed by atoms with Crippen molar-refractivity contribution in [3.63, 3.8) is 0 Å². The van der Waals surface area contributed by atoms with Crippen LogP contribution < -0.4 is 5.32 Å². The van der Waals surface area contributed by atoms with E-state index in [2.05, 4.69) is 15.3 Å². The monoisotopic (exact) mass is 362 g/mol. The molecule has 24 heavy (non-hydrogen) atoms. The lowest BCUT2D eigenvalue weighted by Gasteiger charge is -2.04. The lowest BCUT2D eigenvalue weighted by Crippen LogP contribution is -1.90. The van der Waals surface area contributed by atoms with Crippen LogP contribution in [0.2, 0.25) is 0 Å². The van der Waals surface area contributed by atoms with E-state index in [1.165, 1.54) is 17.8 Å². The van der Waals surface area contributed by atoms with E-state index in [-0.39, 0.29) is 5.82 Å². The average Bonchev–Trinajstić information content (AvgIpc) is 3.24. The second kappa shape index (κ2) is 9.24. The predicted octanol–water partition coefficient (Wildman–Crippen LogP) is 4.93. The fourth-order valence-corrected chi connectivity index (χ4v) is 3.16. The van der Waals surface area contributed by atoms with E-state index in [1.54, 1.807) is 29.8 Å². The van der Waals surface area contributed by atoms with Gasteiger partial charge in [0, 0.05) is 38.1 Å². The van der Waals surface area contributed by atoms with Gasteiger partial charge in [0.2, 0.25) is 0 Å². The normalized spacial score (nSPS) is 10.5. The smallest absolute Gasteiger partial charge is 0.182 e. The highest BCUT2D eigenvalue weighted by Gasteiger charge is 2.07. The van der Waals surface area contributed by atoms with Crippen LogP contribution in [0.5, 0.6) is 0 Å². The number of hydrogen-bond donors (Lipinski definition) is 1. The van der Waals surface area contributed by atoms with Crippen molar-refractivity contribution in [2.45, 2.75) is 17.0 Å². The van der Waals surface area contributed by atoms with Gasteiger partial charge < -0.3 is 9.88 Å². The van der Waals surface area contributed by atoms with Crippen LogP contribution in [0.4, 0.5) is 9.52 Å². The molecule has 0 saturated carbocycles. The van der Waals surface area contributed by atoms with E-state index in [4.69, 9.17) is 0 Å². The molecular weight excluding hydrogens is 343 g/mol. The summed E-state index contributed by atoms with van der Waals surface area (Å²) >= 11 is 2.93. The first-order valence-corrected chi connectivity index (χ1v) is 8.98. The van der Waals surface area contributed by atoms with Crippen molar-refractivity contribution in [3.05, 3.63) is 59.6 Å². The standard InChI is InChI=1S/C13H13FN2S.C4H6N2S/c1-3-4-10-5-6-11(14)12(9-10)17-13-15-7-8-16(13)2;1-5-4-6-2-3-7-4/h3-9H,1-2H3;2-3H,1H3,(H,5,6)/b4-3-;. The zero-order valence-corrected chi connectivity index (χ0v) is 15.4. The highest BCUT2D eigenvalue weighted by atomic mass is 32.2. The van der Waals surface area contributed by atoms with Gasteiger partial charge in [0.15, 0.2) is 10.3 Å². The Morgan fingerprint density at radius 3 is 2.67 bits per heavy atom. The molecule has 0 saturated heterocycles. The molecule has 0 aliphatic heterocycles. The largest absolute Gasteiger partial charge is 0.365 e. The van der Waals surface area contributed by atoms with Gasteiger partial charge in [-0.3, -0.25) is 0 Å². The van der Waals surface area contributed by atoms with Gasteiger partial charge in [-0.05, 0) is 36.4 Å². The maximum absolute atomic E-state index is 13.7. The van der Waals surface area contributed by atoms with E-state index in [9.17, 15) is 4.39 Å². The van der Waals surface area contributed by atoms with Crippen molar-refractivity contribution in [2.24, 2.45) is 7.05 Å². The molecule has 0 spiro atoms. The molecule has 4 nitrogen and oxygen atoms in total. The first-order chi connectivity index (χ1) is 11.6. The van der Waals surface area contributed by atoms with Crippen LogP contribution in [0.1, 0.15) is 12.5 Å². The minimum absolute atomic E-state index is 0.216. The molecule has 0 fully saturated rings. The summed E-state index contributed by atoms with van der Waals surface area (Å²) in [5, 5.41) is 6.60. The Morgan fingerprint density at radius 1 is 1.29 bits per heavy atom. The van der Waals surface area contributed by atoms with Crippen LogP contribution in [-0.4, -0.2) is 21.6 Å². The minimum atomic E-state index is -0.216. The molecule has 7 heteroatoms. The number of hydrogen-bond acceptors (Lipinski definition) is 5. The molecule has 0 unspecified atom stereocenters. The van der Waals surface area contributed by atoms with Crippen molar-refractivity contribution in [1.29, 1.82) is 0 Å². The summed E-state index contributed by atoms with van der Waals surface area (Å²) < 4.78 is 15.5. The number of aromatic nitrogens is 3. The third-order valence-electron chi connectivity index (χ3n) is 2.94. The molecule has 1 N–H and O–H groups in total. The second-order valence-electron chi connectivity index (χ2n) is 4.70. The lowest BCUT2D eigenvalue weighted by molar-refractivity contribution is 0.601. The van der Waals surface area contributed by atoms with Crippen LogP contribution in [0.3, 0.4) is 0 Å². The number of aryl methyl sites for hydroxylation is 1. The molecule has 3 aromatic rings. The number of anilines is 1. The van der Waals surface area contributed by atoms with Crippen molar-refractivity contribution in [3.8, 4) is 0 Å². The average molecular weight is 362 g/mol. The Labute approximate surface area is 149 Å². The molecule has 0 atom stereocenters. The van der Waals surface area contributed by atoms with Gasteiger partial charge in [-0.25, -0.2) is 14.4 Å². The molecule has 1 aromatic carbocycles. The molecule has 0 bridgehead atoms. The summed E-state index contributed by atoms with van der Waals surface area (Å²) in [6, 6.07) is 5.08.